The van der Waals surface area contributed by atoms with Crippen LogP contribution in [-0.4, -0.2) is 78.5 Å². The molecule has 38 heavy (non-hydrogen) atoms. The smallest absolute Gasteiger partial charge is 0.416 e. The number of hydroxylamine groups is 2. The number of aliphatic imine (C=N–C) groups is 1. The van der Waals surface area contributed by atoms with Crippen molar-refractivity contribution in [2.45, 2.75) is 38.0 Å². The number of aliphatic carboxylic acids is 1. The van der Waals surface area contributed by atoms with Gasteiger partial charge in [-0.05, 0) is 30.5 Å². The van der Waals surface area contributed by atoms with Gasteiger partial charge in [0.15, 0.2) is 15.9 Å². The molecule has 0 aromatic heterocycles. The summed E-state index contributed by atoms with van der Waals surface area (Å²) in [5.41, 5.74) is -4.97. The number of benzene rings is 1. The minimum Gasteiger partial charge on any atom is -0.479 e. The molecule has 1 N–H and O–H groups in total. The van der Waals surface area contributed by atoms with Crippen molar-refractivity contribution < 1.29 is 50.8 Å². The molecule has 2 atom stereocenters. The number of ether oxygens (including phenoxy) is 1. The molecule has 0 radical (unpaired) electrons. The quantitative estimate of drug-likeness (QED) is 0.328. The summed E-state index contributed by atoms with van der Waals surface area (Å²) >= 11 is 0. The highest BCUT2D eigenvalue weighted by atomic mass is 32.2. The van der Waals surface area contributed by atoms with Crippen molar-refractivity contribution in [2.24, 2.45) is 10.9 Å². The number of sulfone groups is 1. The van der Waals surface area contributed by atoms with Gasteiger partial charge in [0, 0.05) is 25.9 Å². The van der Waals surface area contributed by atoms with Gasteiger partial charge in [-0.1, -0.05) is 13.8 Å². The number of nitro groups is 1. The Labute approximate surface area is 215 Å². The maximum atomic E-state index is 13.6. The van der Waals surface area contributed by atoms with Crippen LogP contribution in [0.3, 0.4) is 0 Å². The molecule has 0 spiro atoms. The van der Waals surface area contributed by atoms with E-state index < -0.39 is 72.9 Å². The van der Waals surface area contributed by atoms with Gasteiger partial charge < -0.3 is 14.7 Å². The number of halogens is 3. The van der Waals surface area contributed by atoms with E-state index in [0.717, 1.165) is 11.0 Å². The summed E-state index contributed by atoms with van der Waals surface area (Å²) in [7, 11) is -1.72. The van der Waals surface area contributed by atoms with Gasteiger partial charge in [0.05, 0.1) is 10.5 Å². The van der Waals surface area contributed by atoms with Crippen molar-refractivity contribution in [1.82, 2.24) is 9.96 Å². The summed E-state index contributed by atoms with van der Waals surface area (Å²) in [6.07, 6.45) is -5.72. The first kappa shape index (κ1) is 30.5. The Balaban J connectivity index is 2.76. The van der Waals surface area contributed by atoms with Crippen LogP contribution in [0.2, 0.25) is 0 Å². The highest BCUT2D eigenvalue weighted by Gasteiger charge is 2.43. The third-order valence-electron chi connectivity index (χ3n) is 4.83. The van der Waals surface area contributed by atoms with Crippen LogP contribution in [0.25, 0.3) is 0 Å². The average molecular weight is 567 g/mol. The molecule has 2 rings (SSSR count). The highest BCUT2D eigenvalue weighted by molar-refractivity contribution is 7.91. The minimum atomic E-state index is -4.97. The molecular weight excluding hydrogens is 541 g/mol. The van der Waals surface area contributed by atoms with Crippen LogP contribution in [0.1, 0.15) is 36.2 Å². The second-order valence-electron chi connectivity index (χ2n) is 8.81. The number of hydrogen-bond acceptors (Lipinski definition) is 10. The third-order valence-corrected chi connectivity index (χ3v) is 5.91. The lowest BCUT2D eigenvalue weighted by Crippen LogP contribution is -2.47. The van der Waals surface area contributed by atoms with Crippen LogP contribution >= 0.6 is 0 Å². The van der Waals surface area contributed by atoms with Crippen LogP contribution in [0.5, 0.6) is 5.75 Å². The van der Waals surface area contributed by atoms with E-state index in [9.17, 15) is 46.4 Å². The maximum Gasteiger partial charge on any atom is 0.416 e. The molecule has 1 aliphatic heterocycles. The number of carbonyl (C=O) groups excluding carboxylic acids is 1. The molecule has 1 heterocycles. The van der Waals surface area contributed by atoms with E-state index in [4.69, 9.17) is 9.57 Å². The molecular formula is C21H25F3N4O9S. The topological polar surface area (TPSA) is 169 Å². The van der Waals surface area contributed by atoms with E-state index in [1.54, 1.807) is 13.8 Å². The van der Waals surface area contributed by atoms with Crippen molar-refractivity contribution in [1.29, 1.82) is 0 Å². The molecule has 0 saturated heterocycles. The Kier molecular flexibility index (Phi) is 9.10. The summed E-state index contributed by atoms with van der Waals surface area (Å²) < 4.78 is 70.9. The lowest BCUT2D eigenvalue weighted by atomic mass is 10.1. The van der Waals surface area contributed by atoms with Gasteiger partial charge in [-0.25, -0.2) is 18.2 Å². The SMILES string of the molecule is CC(C)CC(ON1C(Oc2cc(C(=O)N(C)C)cc(C(F)(F)F)c2)=C([N+](=O)[O-])C=NC1S(C)(=O)=O)C(=O)O. The van der Waals surface area contributed by atoms with Gasteiger partial charge in [0.1, 0.15) is 12.0 Å². The predicted octanol–water partition coefficient (Wildman–Crippen LogP) is 2.38. The fraction of sp³-hybridized carbons (Fsp3) is 0.476. The summed E-state index contributed by atoms with van der Waals surface area (Å²) in [4.78, 5) is 44.7. The first-order valence-corrected chi connectivity index (χ1v) is 12.7. The molecule has 0 saturated carbocycles. The number of rotatable bonds is 10. The van der Waals surface area contributed by atoms with Gasteiger partial charge in [0.2, 0.25) is 5.50 Å². The molecule has 2 unspecified atom stereocenters. The zero-order valence-electron chi connectivity index (χ0n) is 20.8. The van der Waals surface area contributed by atoms with Crippen LogP contribution in [-0.2, 0) is 25.6 Å². The number of nitrogens with zero attached hydrogens (tertiary/aromatic N) is 4. The second kappa shape index (κ2) is 11.3. The summed E-state index contributed by atoms with van der Waals surface area (Å²) in [6.45, 7) is 3.26. The Hall–Kier alpha value is -3.73. The first-order valence-electron chi connectivity index (χ1n) is 10.7. The van der Waals surface area contributed by atoms with Gasteiger partial charge in [-0.2, -0.15) is 18.2 Å². The average Bonchev–Trinajstić information content (AvgIpc) is 2.76. The molecule has 210 valence electrons. The van der Waals surface area contributed by atoms with Gasteiger partial charge in [-0.3, -0.25) is 19.7 Å². The molecule has 1 aromatic rings. The number of hydrogen-bond donors (Lipinski definition) is 1. The van der Waals surface area contributed by atoms with Crippen LogP contribution < -0.4 is 4.74 Å². The zero-order chi connectivity index (χ0) is 29.2. The van der Waals surface area contributed by atoms with Crippen molar-refractivity contribution >= 4 is 27.9 Å². The number of carboxylic acid groups (broad SMARTS) is 1. The van der Waals surface area contributed by atoms with E-state index in [2.05, 4.69) is 4.99 Å². The molecule has 1 aliphatic rings. The Bertz CT molecular complexity index is 1280. The highest BCUT2D eigenvalue weighted by Crippen LogP contribution is 2.35. The minimum absolute atomic E-state index is 0.182. The summed E-state index contributed by atoms with van der Waals surface area (Å²) in [6, 6.07) is 1.82. The van der Waals surface area contributed by atoms with Crippen molar-refractivity contribution in [3.8, 4) is 5.75 Å². The molecule has 0 bridgehead atoms. The number of carbonyl (C=O) groups is 2. The van der Waals surface area contributed by atoms with Gasteiger partial charge in [0.25, 0.3) is 5.91 Å². The molecule has 13 nitrogen and oxygen atoms in total. The van der Waals surface area contributed by atoms with E-state index in [0.29, 0.717) is 24.6 Å². The molecule has 0 aliphatic carbocycles. The number of allylic oxidation sites excluding steroid dienone is 1. The number of amides is 1. The monoisotopic (exact) mass is 566 g/mol. The second-order valence-corrected chi connectivity index (χ2v) is 10.9. The standard InChI is InChI=1S/C21H25F3N4O9S/c1-11(2)6-16(19(30)31)37-27-18(15(28(32)33)10-25-20(27)38(5,34)35)36-14-8-12(17(29)26(3)4)7-13(9-14)21(22,23)24/h7-11,16,20H,6H2,1-5H3,(H,30,31). The maximum absolute atomic E-state index is 13.6. The summed E-state index contributed by atoms with van der Waals surface area (Å²) in [5.74, 6) is -4.52. The lowest BCUT2D eigenvalue weighted by Gasteiger charge is -2.33. The Morgan fingerprint density at radius 1 is 1.26 bits per heavy atom. The fourth-order valence-corrected chi connectivity index (χ4v) is 3.91. The molecule has 0 fully saturated rings. The lowest BCUT2D eigenvalue weighted by molar-refractivity contribution is -0.421. The third kappa shape index (κ3) is 7.41. The van der Waals surface area contributed by atoms with Crippen molar-refractivity contribution in [3.63, 3.8) is 0 Å². The Morgan fingerprint density at radius 3 is 2.32 bits per heavy atom. The predicted molar refractivity (Wildman–Crippen MR) is 125 cm³/mol. The molecule has 1 aromatic carbocycles. The first-order chi connectivity index (χ1) is 17.3. The zero-order valence-corrected chi connectivity index (χ0v) is 21.6. The number of carboxylic acids is 1. The van der Waals surface area contributed by atoms with E-state index >= 15 is 0 Å². The van der Waals surface area contributed by atoms with E-state index in [1.807, 2.05) is 0 Å². The fourth-order valence-electron chi connectivity index (χ4n) is 3.14. The van der Waals surface area contributed by atoms with Crippen molar-refractivity contribution in [3.05, 3.63) is 51.0 Å². The largest absolute Gasteiger partial charge is 0.479 e. The van der Waals surface area contributed by atoms with Gasteiger partial charge >= 0.3 is 23.7 Å². The Morgan fingerprint density at radius 2 is 1.87 bits per heavy atom. The van der Waals surface area contributed by atoms with E-state index in [1.165, 1.54) is 14.1 Å². The van der Waals surface area contributed by atoms with Crippen LogP contribution in [0.15, 0.2) is 34.8 Å². The van der Waals surface area contributed by atoms with Crippen LogP contribution in [0, 0.1) is 16.0 Å². The van der Waals surface area contributed by atoms with Gasteiger partial charge in [-0.15, -0.1) is 0 Å². The molecule has 1 amide bonds. The normalized spacial score (nSPS) is 17.0. The van der Waals surface area contributed by atoms with E-state index in [-0.39, 0.29) is 17.4 Å². The van der Waals surface area contributed by atoms with Crippen molar-refractivity contribution in [2.75, 3.05) is 20.4 Å². The molecule has 17 heteroatoms. The number of alkyl halides is 3. The van der Waals surface area contributed by atoms with Crippen LogP contribution in [0.4, 0.5) is 13.2 Å². The summed E-state index contributed by atoms with van der Waals surface area (Å²) in [5, 5.41) is 21.5.